The van der Waals surface area contributed by atoms with Gasteiger partial charge < -0.3 is 15.4 Å². The number of carbonyl (C=O) groups excluding carboxylic acids is 1. The molecule has 2 rings (SSSR count). The number of piperidine rings is 1. The van der Waals surface area contributed by atoms with Crippen LogP contribution in [0.3, 0.4) is 0 Å². The average Bonchev–Trinajstić information content (AvgIpc) is 3.13. The molecule has 6 nitrogen and oxygen atoms in total. The number of carbonyl (C=O) groups is 1. The van der Waals surface area contributed by atoms with Gasteiger partial charge in [-0.25, -0.2) is 0 Å². The van der Waals surface area contributed by atoms with Crippen LogP contribution in [-0.4, -0.2) is 57.2 Å². The maximum Gasteiger partial charge on any atom is 0.307 e. The molecule has 0 spiro atoms. The van der Waals surface area contributed by atoms with Crippen LogP contribution in [0.4, 0.5) is 0 Å². The molecule has 0 aliphatic carbocycles. The monoisotopic (exact) mass is 366 g/mol. The van der Waals surface area contributed by atoms with Crippen LogP contribution in [0.25, 0.3) is 0 Å². The zero-order valence-corrected chi connectivity index (χ0v) is 16.3. The minimum atomic E-state index is -0.213. The summed E-state index contributed by atoms with van der Waals surface area (Å²) in [7, 11) is 3.62. The van der Waals surface area contributed by atoms with Crippen LogP contribution in [0.5, 0.6) is 0 Å². The van der Waals surface area contributed by atoms with Gasteiger partial charge in [0.25, 0.3) is 0 Å². The topological polar surface area (TPSA) is 66.0 Å². The highest BCUT2D eigenvalue weighted by Gasteiger charge is 2.31. The second-order valence-electron chi connectivity index (χ2n) is 6.32. The minimum absolute atomic E-state index is 0.213. The molecule has 2 N–H and O–H groups in total. The van der Waals surface area contributed by atoms with Crippen LogP contribution in [0.1, 0.15) is 37.1 Å². The van der Waals surface area contributed by atoms with E-state index in [-0.39, 0.29) is 5.97 Å². The summed E-state index contributed by atoms with van der Waals surface area (Å²) in [4.78, 5) is 19.9. The van der Waals surface area contributed by atoms with Gasteiger partial charge in [-0.15, -0.1) is 11.3 Å². The molecule has 25 heavy (non-hydrogen) atoms. The van der Waals surface area contributed by atoms with E-state index < -0.39 is 0 Å². The van der Waals surface area contributed by atoms with Gasteiger partial charge in [0.05, 0.1) is 13.5 Å². The van der Waals surface area contributed by atoms with Gasteiger partial charge in [0, 0.05) is 30.6 Å². The number of thiophene rings is 1. The van der Waals surface area contributed by atoms with E-state index >= 15 is 0 Å². The molecule has 2 heterocycles. The fourth-order valence-electron chi connectivity index (χ4n) is 3.30. The van der Waals surface area contributed by atoms with Crippen molar-refractivity contribution < 1.29 is 9.53 Å². The molecule has 1 aromatic rings. The highest BCUT2D eigenvalue weighted by atomic mass is 32.1. The first kappa shape index (κ1) is 19.7. The number of nitrogens with zero attached hydrogens (tertiary/aromatic N) is 2. The summed E-state index contributed by atoms with van der Waals surface area (Å²) in [6, 6.07) is 4.80. The van der Waals surface area contributed by atoms with Crippen LogP contribution < -0.4 is 10.6 Å². The summed E-state index contributed by atoms with van der Waals surface area (Å²) in [5.41, 5.74) is 0. The highest BCUT2D eigenvalue weighted by molar-refractivity contribution is 7.10. The Balaban J connectivity index is 1.97. The van der Waals surface area contributed by atoms with Crippen LogP contribution in [-0.2, 0) is 9.53 Å². The molecule has 140 valence electrons. The second-order valence-corrected chi connectivity index (χ2v) is 7.29. The number of rotatable bonds is 7. The second kappa shape index (κ2) is 10.4. The molecule has 0 aromatic carbocycles. The Morgan fingerprint density at radius 2 is 2.32 bits per heavy atom. The van der Waals surface area contributed by atoms with E-state index in [4.69, 9.17) is 4.99 Å². The molecule has 0 radical (unpaired) electrons. The lowest BCUT2D eigenvalue weighted by Gasteiger charge is -2.38. The van der Waals surface area contributed by atoms with Crippen LogP contribution in [0.2, 0.25) is 0 Å². The first-order chi connectivity index (χ1) is 12.2. The van der Waals surface area contributed by atoms with Crippen molar-refractivity contribution in [1.82, 2.24) is 15.5 Å². The summed E-state index contributed by atoms with van der Waals surface area (Å²) in [6.07, 6.45) is 2.74. The van der Waals surface area contributed by atoms with Crippen molar-refractivity contribution in [3.8, 4) is 0 Å². The van der Waals surface area contributed by atoms with Crippen molar-refractivity contribution in [3.05, 3.63) is 22.4 Å². The van der Waals surface area contributed by atoms with Gasteiger partial charge in [-0.05, 0) is 50.7 Å². The molecule has 1 saturated heterocycles. The summed E-state index contributed by atoms with van der Waals surface area (Å²) >= 11 is 1.83. The predicted molar refractivity (Wildman–Crippen MR) is 103 cm³/mol. The maximum absolute atomic E-state index is 11.2. The standard InChI is InChI=1S/C18H30N4O2S/c1-4-19-18(20-10-9-16(23)24-3)21-13-14-7-5-11-22(2)17(14)15-8-6-12-25-15/h6,8,12,14,17H,4-5,7,9-11,13H2,1-3H3,(H2,19,20,21). The quantitative estimate of drug-likeness (QED) is 0.440. The van der Waals surface area contributed by atoms with Crippen LogP contribution >= 0.6 is 11.3 Å². The third-order valence-electron chi connectivity index (χ3n) is 4.52. The SMILES string of the molecule is CCNC(=NCC1CCCN(C)C1c1cccs1)NCCC(=O)OC. The Morgan fingerprint density at radius 3 is 3.00 bits per heavy atom. The fraction of sp³-hybridized carbons (Fsp3) is 0.667. The van der Waals surface area contributed by atoms with Crippen molar-refractivity contribution in [2.75, 3.05) is 40.3 Å². The van der Waals surface area contributed by atoms with E-state index in [0.717, 1.165) is 25.6 Å². The Kier molecular flexibility index (Phi) is 8.21. The van der Waals surface area contributed by atoms with E-state index in [1.807, 2.05) is 18.3 Å². The van der Waals surface area contributed by atoms with Gasteiger partial charge >= 0.3 is 5.97 Å². The third kappa shape index (κ3) is 6.01. The number of ether oxygens (including phenoxy) is 1. The number of aliphatic imine (C=N–C) groups is 1. The van der Waals surface area contributed by atoms with Gasteiger partial charge in [0.15, 0.2) is 5.96 Å². The molecular formula is C18H30N4O2S. The average molecular weight is 367 g/mol. The molecule has 1 aliphatic rings. The largest absolute Gasteiger partial charge is 0.469 e. The molecule has 7 heteroatoms. The summed E-state index contributed by atoms with van der Waals surface area (Å²) in [5.74, 6) is 1.06. The van der Waals surface area contributed by atoms with Crippen molar-refractivity contribution in [3.63, 3.8) is 0 Å². The smallest absolute Gasteiger partial charge is 0.307 e. The number of hydrogen-bond donors (Lipinski definition) is 2. The molecule has 0 amide bonds. The third-order valence-corrected chi connectivity index (χ3v) is 5.46. The molecule has 0 saturated carbocycles. The fourth-order valence-corrected chi connectivity index (χ4v) is 4.28. The number of likely N-dealkylation sites (tertiary alicyclic amines) is 1. The van der Waals surface area contributed by atoms with Gasteiger partial charge in [-0.3, -0.25) is 14.7 Å². The lowest BCUT2D eigenvalue weighted by Crippen LogP contribution is -2.40. The van der Waals surface area contributed by atoms with E-state index in [2.05, 4.69) is 44.8 Å². The molecule has 2 unspecified atom stereocenters. The van der Waals surface area contributed by atoms with Crippen LogP contribution in [0.15, 0.2) is 22.5 Å². The van der Waals surface area contributed by atoms with Gasteiger partial charge in [0.2, 0.25) is 0 Å². The Morgan fingerprint density at radius 1 is 1.48 bits per heavy atom. The number of nitrogens with one attached hydrogen (secondary N) is 2. The van der Waals surface area contributed by atoms with Crippen molar-refractivity contribution in [2.45, 2.75) is 32.2 Å². The Hall–Kier alpha value is -1.60. The highest BCUT2D eigenvalue weighted by Crippen LogP contribution is 2.37. The zero-order chi connectivity index (χ0) is 18.1. The lowest BCUT2D eigenvalue weighted by atomic mass is 9.88. The first-order valence-electron chi connectivity index (χ1n) is 8.98. The first-order valence-corrected chi connectivity index (χ1v) is 9.86. The summed E-state index contributed by atoms with van der Waals surface area (Å²) < 4.78 is 4.67. The molecule has 1 aliphatic heterocycles. The van der Waals surface area contributed by atoms with E-state index in [1.54, 1.807) is 0 Å². The maximum atomic E-state index is 11.2. The molecule has 2 atom stereocenters. The van der Waals surface area contributed by atoms with E-state index in [9.17, 15) is 4.79 Å². The molecular weight excluding hydrogens is 336 g/mol. The van der Waals surface area contributed by atoms with Gasteiger partial charge in [-0.1, -0.05) is 6.07 Å². The number of guanidine groups is 1. The lowest BCUT2D eigenvalue weighted by molar-refractivity contribution is -0.140. The minimum Gasteiger partial charge on any atom is -0.469 e. The van der Waals surface area contributed by atoms with E-state index in [1.165, 1.54) is 24.8 Å². The number of hydrogen-bond acceptors (Lipinski definition) is 5. The molecule has 0 bridgehead atoms. The molecule has 1 fully saturated rings. The summed E-state index contributed by atoms with van der Waals surface area (Å²) in [6.45, 7) is 5.28. The normalized spacial score (nSPS) is 21.8. The Bertz CT molecular complexity index is 547. The Labute approximate surface area is 154 Å². The zero-order valence-electron chi connectivity index (χ0n) is 15.5. The summed E-state index contributed by atoms with van der Waals surface area (Å²) in [5, 5.41) is 8.61. The van der Waals surface area contributed by atoms with Crippen molar-refractivity contribution in [2.24, 2.45) is 10.9 Å². The van der Waals surface area contributed by atoms with E-state index in [0.29, 0.717) is 24.9 Å². The van der Waals surface area contributed by atoms with Crippen LogP contribution in [0, 0.1) is 5.92 Å². The number of methoxy groups -OCH3 is 1. The van der Waals surface area contributed by atoms with Crippen molar-refractivity contribution in [1.29, 1.82) is 0 Å². The predicted octanol–water partition coefficient (Wildman–Crippen LogP) is 2.25. The van der Waals surface area contributed by atoms with Gasteiger partial charge in [0.1, 0.15) is 0 Å². The van der Waals surface area contributed by atoms with Gasteiger partial charge in [-0.2, -0.15) is 0 Å². The molecule has 1 aromatic heterocycles. The van der Waals surface area contributed by atoms with Crippen molar-refractivity contribution >= 4 is 23.3 Å². The number of esters is 1.